The van der Waals surface area contributed by atoms with Crippen LogP contribution in [0.5, 0.6) is 0 Å². The third-order valence-corrected chi connectivity index (χ3v) is 14.6. The van der Waals surface area contributed by atoms with Gasteiger partial charge in [0.2, 0.25) is 0 Å². The van der Waals surface area contributed by atoms with Gasteiger partial charge >= 0.3 is 17.9 Å². The zero-order chi connectivity index (χ0) is 52.7. The van der Waals surface area contributed by atoms with Gasteiger partial charge in [-0.05, 0) is 12.8 Å². The van der Waals surface area contributed by atoms with E-state index < -0.39 is 18.4 Å². The van der Waals surface area contributed by atoms with Gasteiger partial charge in [0, 0.05) is 12.8 Å². The number of carbonyl (C=O) groups excluding carboxylic acids is 2. The van der Waals surface area contributed by atoms with Crippen molar-refractivity contribution >= 4 is 17.9 Å². The number of quaternary nitrogens is 1. The largest absolute Gasteiger partial charge is 0.477 e. The Hall–Kier alpha value is -1.71. The fourth-order valence-corrected chi connectivity index (χ4v) is 9.72. The van der Waals surface area contributed by atoms with Crippen molar-refractivity contribution in [2.24, 2.45) is 0 Å². The predicted octanol–water partition coefficient (Wildman–Crippen LogP) is 18.7. The van der Waals surface area contributed by atoms with Gasteiger partial charge in [-0.2, -0.15) is 0 Å². The third kappa shape index (κ3) is 56.0. The van der Waals surface area contributed by atoms with E-state index in [0.717, 1.165) is 38.5 Å². The number of ether oxygens (including phenoxy) is 4. The molecule has 0 aliphatic carbocycles. The molecule has 2 atom stereocenters. The Morgan fingerprint density at radius 1 is 0.361 bits per heavy atom. The number of carboxylic acids is 1. The minimum Gasteiger partial charge on any atom is -0.477 e. The van der Waals surface area contributed by atoms with E-state index in [4.69, 9.17) is 18.9 Å². The summed E-state index contributed by atoms with van der Waals surface area (Å²) in [6.45, 7) is 4.96. The molecule has 0 bridgehead atoms. The van der Waals surface area contributed by atoms with Gasteiger partial charge < -0.3 is 28.5 Å². The van der Waals surface area contributed by atoms with E-state index in [2.05, 4.69) is 13.8 Å². The Morgan fingerprint density at radius 2 is 0.625 bits per heavy atom. The topological polar surface area (TPSA) is 108 Å². The van der Waals surface area contributed by atoms with E-state index in [0.29, 0.717) is 17.4 Å². The summed E-state index contributed by atoms with van der Waals surface area (Å²) in [6.07, 6.45) is 60.6. The first-order chi connectivity index (χ1) is 35.1. The molecule has 0 radical (unpaired) electrons. The molecule has 0 fully saturated rings. The molecule has 72 heavy (non-hydrogen) atoms. The smallest absolute Gasteiger partial charge is 0.361 e. The van der Waals surface area contributed by atoms with Crippen LogP contribution in [-0.2, 0) is 33.3 Å². The summed E-state index contributed by atoms with van der Waals surface area (Å²) in [5, 5.41) is 9.71. The number of rotatable bonds is 60. The van der Waals surface area contributed by atoms with E-state index in [1.807, 2.05) is 21.1 Å². The van der Waals surface area contributed by atoms with Crippen LogP contribution in [0, 0.1) is 0 Å². The summed E-state index contributed by atoms with van der Waals surface area (Å²) >= 11 is 0. The monoisotopic (exact) mass is 1020 g/mol. The summed E-state index contributed by atoms with van der Waals surface area (Å²) in [5.74, 6) is -1.97. The van der Waals surface area contributed by atoms with Crippen LogP contribution in [0.3, 0.4) is 0 Å². The molecule has 0 aliphatic rings. The Morgan fingerprint density at radius 3 is 0.889 bits per heavy atom. The number of likely N-dealkylation sites (N-methyl/N-ethyl adjacent to an activating group) is 1. The summed E-state index contributed by atoms with van der Waals surface area (Å²) in [4.78, 5) is 37.5. The second-order valence-corrected chi connectivity index (χ2v) is 23.1. The molecule has 0 rings (SSSR count). The number of carbonyl (C=O) groups is 3. The van der Waals surface area contributed by atoms with Gasteiger partial charge in [0.15, 0.2) is 6.10 Å². The summed E-state index contributed by atoms with van der Waals surface area (Å²) in [5.41, 5.74) is 0. The molecule has 428 valence electrons. The molecule has 0 heterocycles. The average molecular weight is 1020 g/mol. The second-order valence-electron chi connectivity index (χ2n) is 23.1. The first-order valence-electron chi connectivity index (χ1n) is 31.7. The molecule has 2 unspecified atom stereocenters. The van der Waals surface area contributed by atoms with E-state index >= 15 is 0 Å². The van der Waals surface area contributed by atoms with Crippen LogP contribution in [0.4, 0.5) is 0 Å². The van der Waals surface area contributed by atoms with Crippen LogP contribution in [0.1, 0.15) is 328 Å². The molecule has 0 aromatic rings. The van der Waals surface area contributed by atoms with Gasteiger partial charge in [-0.15, -0.1) is 0 Å². The fourth-order valence-electron chi connectivity index (χ4n) is 9.72. The number of aliphatic carboxylic acids is 1. The number of hydrogen-bond donors (Lipinski definition) is 1. The fraction of sp³-hybridized carbons (Fsp3) is 0.952. The van der Waals surface area contributed by atoms with E-state index in [1.165, 1.54) is 263 Å². The molecule has 0 aromatic heterocycles. The molecular formula is C63H124NO8+. The maximum Gasteiger partial charge on any atom is 0.361 e. The molecule has 0 amide bonds. The van der Waals surface area contributed by atoms with E-state index in [9.17, 15) is 19.5 Å². The molecule has 0 spiro atoms. The Kier molecular flexibility index (Phi) is 54.2. The minimum absolute atomic E-state index is 0.172. The maximum absolute atomic E-state index is 12.9. The van der Waals surface area contributed by atoms with Gasteiger partial charge in [0.1, 0.15) is 13.2 Å². The van der Waals surface area contributed by atoms with Crippen molar-refractivity contribution in [3.05, 3.63) is 0 Å². The Bertz CT molecular complexity index is 1140. The molecule has 0 saturated heterocycles. The number of hydrogen-bond acceptors (Lipinski definition) is 7. The minimum atomic E-state index is -1.50. The van der Waals surface area contributed by atoms with E-state index in [1.54, 1.807) is 0 Å². The third-order valence-electron chi connectivity index (χ3n) is 14.6. The highest BCUT2D eigenvalue weighted by Gasteiger charge is 2.25. The molecular weight excluding hydrogens is 899 g/mol. The molecule has 9 nitrogen and oxygen atoms in total. The van der Waals surface area contributed by atoms with Crippen molar-refractivity contribution in [1.82, 2.24) is 0 Å². The van der Waals surface area contributed by atoms with Crippen molar-refractivity contribution in [2.75, 3.05) is 47.5 Å². The molecule has 0 aromatic carbocycles. The lowest BCUT2D eigenvalue weighted by Crippen LogP contribution is -2.40. The zero-order valence-corrected chi connectivity index (χ0v) is 48.9. The summed E-state index contributed by atoms with van der Waals surface area (Å²) in [7, 11) is 5.99. The van der Waals surface area contributed by atoms with Gasteiger partial charge in [-0.25, -0.2) is 4.79 Å². The van der Waals surface area contributed by atoms with Gasteiger partial charge in [0.25, 0.3) is 6.29 Å². The normalized spacial score (nSPS) is 12.6. The number of esters is 2. The zero-order valence-electron chi connectivity index (χ0n) is 48.9. The summed E-state index contributed by atoms with van der Waals surface area (Å²) in [6, 6.07) is 0. The van der Waals surface area contributed by atoms with Gasteiger partial charge in [-0.3, -0.25) is 9.59 Å². The first kappa shape index (κ1) is 70.3. The van der Waals surface area contributed by atoms with Crippen LogP contribution in [0.2, 0.25) is 0 Å². The quantitative estimate of drug-likeness (QED) is 0.0278. The van der Waals surface area contributed by atoms with E-state index in [-0.39, 0.29) is 38.2 Å². The molecule has 0 saturated carbocycles. The van der Waals surface area contributed by atoms with Crippen molar-refractivity contribution in [1.29, 1.82) is 0 Å². The van der Waals surface area contributed by atoms with Gasteiger partial charge in [-0.1, -0.05) is 303 Å². The lowest BCUT2D eigenvalue weighted by Gasteiger charge is -2.25. The second kappa shape index (κ2) is 55.5. The highest BCUT2D eigenvalue weighted by atomic mass is 16.7. The number of nitrogens with zero attached hydrogens (tertiary/aromatic N) is 1. The highest BCUT2D eigenvalue weighted by Crippen LogP contribution is 2.19. The van der Waals surface area contributed by atoms with Crippen molar-refractivity contribution in [3.63, 3.8) is 0 Å². The van der Waals surface area contributed by atoms with Crippen molar-refractivity contribution in [3.8, 4) is 0 Å². The van der Waals surface area contributed by atoms with Crippen molar-refractivity contribution in [2.45, 2.75) is 341 Å². The van der Waals surface area contributed by atoms with Crippen molar-refractivity contribution < 1.29 is 42.9 Å². The maximum atomic E-state index is 12.9. The highest BCUT2D eigenvalue weighted by molar-refractivity contribution is 5.71. The lowest BCUT2D eigenvalue weighted by molar-refractivity contribution is -0.870. The van der Waals surface area contributed by atoms with Crippen LogP contribution >= 0.6 is 0 Å². The SMILES string of the molecule is CCCCCCCCCCCCCCCCCCCCCCCCCCCCCCCC(=O)OC(COC(=O)CCCCCCCCCCCCCCCCCCCC)COC(OCC[N+](C)(C)C)C(=O)O. The Balaban J connectivity index is 4.08. The molecule has 9 heteroatoms. The van der Waals surface area contributed by atoms with Crippen LogP contribution < -0.4 is 0 Å². The lowest BCUT2D eigenvalue weighted by atomic mass is 10.0. The standard InChI is InChI=1S/C63H123NO8/c1-6-8-10-12-14-16-18-20-22-24-26-27-28-29-30-31-32-33-34-35-36-38-40-42-44-46-48-50-52-54-61(66)72-59(58-71-63(62(67)68)69-56-55-64(3,4)5)57-70-60(65)53-51-49-47-45-43-41-39-37-25-23-21-19-17-15-13-11-9-7-2/h59,63H,6-58H2,1-5H3/p+1. The number of unbranched alkanes of at least 4 members (excludes halogenated alkanes) is 45. The van der Waals surface area contributed by atoms with Gasteiger partial charge in [0.05, 0.1) is 34.4 Å². The van der Waals surface area contributed by atoms with Crippen LogP contribution in [0.15, 0.2) is 0 Å². The molecule has 0 aliphatic heterocycles. The Labute approximate surface area is 447 Å². The number of carboxylic acid groups (broad SMARTS) is 1. The predicted molar refractivity (Wildman–Crippen MR) is 305 cm³/mol. The molecule has 1 N–H and O–H groups in total. The average Bonchev–Trinajstić information content (AvgIpc) is 3.35. The summed E-state index contributed by atoms with van der Waals surface area (Å²) < 4.78 is 22.9. The van der Waals surface area contributed by atoms with Crippen LogP contribution in [-0.4, -0.2) is 87.4 Å². The van der Waals surface area contributed by atoms with Crippen LogP contribution in [0.25, 0.3) is 0 Å². The first-order valence-corrected chi connectivity index (χ1v) is 31.7.